The lowest BCUT2D eigenvalue weighted by atomic mass is 10.8. The molecule has 24 valence electrons. The molecule has 0 aromatic carbocycles. The lowest BCUT2D eigenvalue weighted by Crippen LogP contribution is -1.85. The van der Waals surface area contributed by atoms with E-state index in [1.807, 2.05) is 7.44 Å². The van der Waals surface area contributed by atoms with E-state index in [0.717, 1.165) is 0 Å². The Bertz CT molecular complexity index is 10.8. The van der Waals surface area contributed by atoms with Crippen LogP contribution in [0.2, 0.25) is 0 Å². The summed E-state index contributed by atoms with van der Waals surface area (Å²) >= 11 is 10.4. The average Bonchev–Trinajstić information content (AvgIpc) is 0.811. The van der Waals surface area contributed by atoms with Gasteiger partial charge in [-0.1, -0.05) is 0 Å². The van der Waals surface area contributed by atoms with Crippen molar-refractivity contribution in [3.05, 3.63) is 0 Å². The highest BCUT2D eigenvalue weighted by Gasteiger charge is 1.81. The van der Waals surface area contributed by atoms with Crippen LogP contribution in [-0.4, -0.2) is 14.7 Å². The van der Waals surface area contributed by atoms with Gasteiger partial charge in [-0.2, -0.15) is 22.2 Å². The zero-order valence-corrected chi connectivity index (χ0v) is 5.00. The Morgan fingerprint density at radius 3 is 1.50 bits per heavy atom. The van der Waals surface area contributed by atoms with Crippen LogP contribution < -0.4 is 0 Å². The normalized spacial score (nSPS) is 8.75. The van der Waals surface area contributed by atoms with Crippen LogP contribution in [0.5, 0.6) is 0 Å². The van der Waals surface area contributed by atoms with E-state index in [1.54, 1.807) is 0 Å². The van der Waals surface area contributed by atoms with Gasteiger partial charge >= 0.3 is 0 Å². The largest absolute Gasteiger partial charge is 0.196 e. The fraction of sp³-hybridized carbons (Fsp3) is 0. The number of hydrogen-bond donors (Lipinski definition) is 0. The second kappa shape index (κ2) is 2.12. The molecule has 4 heavy (non-hydrogen) atoms. The van der Waals surface area contributed by atoms with Crippen LogP contribution in [0.25, 0.3) is 0 Å². The van der Waals surface area contributed by atoms with E-state index in [1.165, 1.54) is 0 Å². The first-order valence-corrected chi connectivity index (χ1v) is 5.66. The Kier molecular flexibility index (Phi) is 2.58. The van der Waals surface area contributed by atoms with Crippen LogP contribution in [0.4, 0.5) is 0 Å². The number of hydrogen-bond acceptors (Lipinski definition) is 0. The van der Waals surface area contributed by atoms with Gasteiger partial charge in [0.05, 0.1) is 0 Å². The zero-order chi connectivity index (χ0) is 3.58. The minimum absolute atomic E-state index is 1.19. The maximum atomic E-state index is 5.18. The molecule has 0 aliphatic heterocycles. The quantitative estimate of drug-likeness (QED) is 0.301. The van der Waals surface area contributed by atoms with Crippen molar-refractivity contribution in [1.29, 1.82) is 0 Å². The van der Waals surface area contributed by atoms with E-state index >= 15 is 0 Å². The molecule has 0 bridgehead atoms. The van der Waals surface area contributed by atoms with Crippen LogP contribution in [0, 0.1) is 0 Å². The summed E-state index contributed by atoms with van der Waals surface area (Å²) in [6.45, 7) is 0. The summed E-state index contributed by atoms with van der Waals surface area (Å²) in [7, 11) is 0.642. The molecule has 0 radical (unpaired) electrons. The van der Waals surface area contributed by atoms with Gasteiger partial charge in [0.1, 0.15) is 7.44 Å². The van der Waals surface area contributed by atoms with Gasteiger partial charge in [0, 0.05) is 0 Å². The Morgan fingerprint density at radius 2 is 1.50 bits per heavy atom. The third-order valence-corrected chi connectivity index (χ3v) is 0. The van der Waals surface area contributed by atoms with Crippen LogP contribution in [-0.2, 0) is 0 Å². The minimum atomic E-state index is -1.19. The summed E-state index contributed by atoms with van der Waals surface area (Å²) in [4.78, 5) is 0. The van der Waals surface area contributed by atoms with Crippen LogP contribution >= 0.6 is 22.2 Å². The van der Waals surface area contributed by atoms with Gasteiger partial charge in [-0.15, -0.1) is 0 Å². The fourth-order valence-corrected chi connectivity index (χ4v) is 0. The molecule has 0 aliphatic carbocycles. The smallest absolute Gasteiger partial charge is 0.161 e. The molecule has 0 aromatic heterocycles. The van der Waals surface area contributed by atoms with E-state index in [-0.39, 0.29) is 0 Å². The predicted octanol–water partition coefficient (Wildman–Crippen LogP) is -0.186. The predicted molar refractivity (Wildman–Crippen MR) is 27.4 cm³/mol. The molecule has 0 aliphatic rings. The van der Waals surface area contributed by atoms with Crippen molar-refractivity contribution in [2.24, 2.45) is 0 Å². The summed E-state index contributed by atoms with van der Waals surface area (Å²) in [6, 6.07) is 0. The van der Waals surface area contributed by atoms with E-state index in [4.69, 9.17) is 22.2 Å². The highest BCUT2D eigenvalue weighted by atomic mass is 35.7. The van der Waals surface area contributed by atoms with E-state index < -0.39 is 7.29 Å². The summed E-state index contributed by atoms with van der Waals surface area (Å²) in [6.07, 6.45) is 0. The second-order valence-electron chi connectivity index (χ2n) is 0.519. The summed E-state index contributed by atoms with van der Waals surface area (Å²) in [5.41, 5.74) is 0. The molecule has 4 heteroatoms. The molecular formula is H3BCl2Si. The van der Waals surface area contributed by atoms with E-state index in [2.05, 4.69) is 0 Å². The van der Waals surface area contributed by atoms with Gasteiger partial charge in [-0.3, -0.25) is 0 Å². The van der Waals surface area contributed by atoms with Crippen molar-refractivity contribution < 1.29 is 0 Å². The number of rotatable bonds is 0. The Labute approximate surface area is 37.5 Å². The summed E-state index contributed by atoms with van der Waals surface area (Å²) in [5.74, 6) is 0. The van der Waals surface area contributed by atoms with Gasteiger partial charge in [0.25, 0.3) is 0 Å². The van der Waals surface area contributed by atoms with Crippen molar-refractivity contribution in [3.63, 3.8) is 0 Å². The van der Waals surface area contributed by atoms with Crippen LogP contribution in [0.1, 0.15) is 0 Å². The topological polar surface area (TPSA) is 0 Å². The molecule has 0 saturated carbocycles. The molecule has 0 atom stereocenters. The van der Waals surface area contributed by atoms with Crippen molar-refractivity contribution in [2.75, 3.05) is 0 Å². The lowest BCUT2D eigenvalue weighted by molar-refractivity contribution is 4.05. The SMILES string of the molecule is B[SiH](Cl)Cl. The first-order valence-electron chi connectivity index (χ1n) is 1.01. The van der Waals surface area contributed by atoms with Gasteiger partial charge in [0.15, 0.2) is 7.29 Å². The molecule has 0 unspecified atom stereocenters. The molecule has 0 rings (SSSR count). The Morgan fingerprint density at radius 1 is 1.50 bits per heavy atom. The van der Waals surface area contributed by atoms with Crippen molar-refractivity contribution >= 4 is 36.9 Å². The lowest BCUT2D eigenvalue weighted by Gasteiger charge is -1.68. The van der Waals surface area contributed by atoms with Crippen LogP contribution in [0.15, 0.2) is 0 Å². The molecule has 0 amide bonds. The Balaban J connectivity index is 2.32. The second-order valence-corrected chi connectivity index (χ2v) is 6.15. The maximum Gasteiger partial charge on any atom is 0.196 e. The fourth-order valence-electron chi connectivity index (χ4n) is 0. The molecule has 0 spiro atoms. The minimum Gasteiger partial charge on any atom is -0.161 e. The van der Waals surface area contributed by atoms with Gasteiger partial charge in [0.2, 0.25) is 0 Å². The standard InChI is InChI=1S/BCl2H3Si/c1-4(2)3/h4H,1H2. The van der Waals surface area contributed by atoms with Gasteiger partial charge in [-0.05, 0) is 0 Å². The summed E-state index contributed by atoms with van der Waals surface area (Å²) in [5, 5.41) is 0. The first-order chi connectivity index (χ1) is 1.73. The molecular weight excluding hydrogens is 110 g/mol. The molecule has 0 heterocycles. The first kappa shape index (κ1) is 4.86. The summed E-state index contributed by atoms with van der Waals surface area (Å²) < 4.78 is 0. The Hall–Kier alpha value is 0.862. The third-order valence-electron chi connectivity index (χ3n) is 0. The van der Waals surface area contributed by atoms with Gasteiger partial charge < -0.3 is 0 Å². The highest BCUT2D eigenvalue weighted by Crippen LogP contribution is 1.83. The molecule has 0 N–H and O–H groups in total. The van der Waals surface area contributed by atoms with Crippen molar-refractivity contribution in [3.8, 4) is 0 Å². The van der Waals surface area contributed by atoms with Crippen molar-refractivity contribution in [1.82, 2.24) is 0 Å². The van der Waals surface area contributed by atoms with E-state index in [0.29, 0.717) is 0 Å². The molecule has 0 nitrogen and oxygen atoms in total. The third kappa shape index (κ3) is 13.4. The average molecular weight is 113 g/mol. The van der Waals surface area contributed by atoms with Crippen molar-refractivity contribution in [2.45, 2.75) is 0 Å². The maximum absolute atomic E-state index is 5.18. The van der Waals surface area contributed by atoms with Crippen LogP contribution in [0.3, 0.4) is 0 Å². The molecule has 0 aromatic rings. The van der Waals surface area contributed by atoms with Gasteiger partial charge in [-0.25, -0.2) is 0 Å². The van der Waals surface area contributed by atoms with E-state index in [9.17, 15) is 0 Å². The monoisotopic (exact) mass is 112 g/mol. The number of halogens is 2. The zero-order valence-electron chi connectivity index (χ0n) is 2.33. The molecule has 0 fully saturated rings. The molecule has 0 saturated heterocycles. The highest BCUT2D eigenvalue weighted by molar-refractivity contribution is 7.52.